The lowest BCUT2D eigenvalue weighted by Crippen LogP contribution is -2.07. The molecule has 0 aromatic carbocycles. The first kappa shape index (κ1) is 9.57. The number of aromatic nitrogens is 5. The van der Waals surface area contributed by atoms with Crippen LogP contribution in [0.15, 0.2) is 6.20 Å². The number of nitrogens with two attached hydrogens (primary N) is 1. The predicted molar refractivity (Wildman–Crippen MR) is 55.6 cm³/mol. The molecule has 2 heterocycles. The van der Waals surface area contributed by atoms with Crippen LogP contribution in [0.25, 0.3) is 5.82 Å². The van der Waals surface area contributed by atoms with Crippen molar-refractivity contribution in [2.45, 2.75) is 20.8 Å². The van der Waals surface area contributed by atoms with Crippen molar-refractivity contribution in [2.24, 2.45) is 0 Å². The van der Waals surface area contributed by atoms with Gasteiger partial charge in [-0.1, -0.05) is 0 Å². The molecule has 0 unspecified atom stereocenters. The highest BCUT2D eigenvalue weighted by atomic mass is 15.4. The van der Waals surface area contributed by atoms with E-state index in [1.54, 1.807) is 10.9 Å². The zero-order chi connectivity index (χ0) is 11.0. The molecule has 0 bridgehead atoms. The number of hydrogen-bond acceptors (Lipinski definition) is 5. The molecule has 0 radical (unpaired) electrons. The summed E-state index contributed by atoms with van der Waals surface area (Å²) in [5.74, 6) is 2.42. The van der Waals surface area contributed by atoms with Gasteiger partial charge in [0.1, 0.15) is 11.6 Å². The third-order valence-corrected chi connectivity index (χ3v) is 2.04. The van der Waals surface area contributed by atoms with Crippen LogP contribution in [0, 0.1) is 20.8 Å². The van der Waals surface area contributed by atoms with Crippen molar-refractivity contribution >= 4 is 5.95 Å². The summed E-state index contributed by atoms with van der Waals surface area (Å²) in [5, 5.41) is 4.24. The molecule has 2 rings (SSSR count). The molecule has 0 fully saturated rings. The van der Waals surface area contributed by atoms with Crippen LogP contribution < -0.4 is 5.73 Å². The lowest BCUT2D eigenvalue weighted by molar-refractivity contribution is 0.792. The summed E-state index contributed by atoms with van der Waals surface area (Å²) >= 11 is 0. The third kappa shape index (κ3) is 1.65. The minimum atomic E-state index is 0.239. The summed E-state index contributed by atoms with van der Waals surface area (Å²) in [5.41, 5.74) is 6.45. The predicted octanol–water partition coefficient (Wildman–Crippen LogP) is 0.565. The second kappa shape index (κ2) is 3.30. The van der Waals surface area contributed by atoms with E-state index >= 15 is 0 Å². The average Bonchev–Trinajstić information content (AvgIpc) is 2.50. The van der Waals surface area contributed by atoms with Crippen LogP contribution in [0.4, 0.5) is 5.95 Å². The van der Waals surface area contributed by atoms with Crippen LogP contribution in [-0.4, -0.2) is 24.7 Å². The first-order valence-corrected chi connectivity index (χ1v) is 4.57. The van der Waals surface area contributed by atoms with Gasteiger partial charge in [-0.3, -0.25) is 0 Å². The van der Waals surface area contributed by atoms with Crippen molar-refractivity contribution in [3.63, 3.8) is 0 Å². The van der Waals surface area contributed by atoms with Crippen molar-refractivity contribution in [1.29, 1.82) is 0 Å². The standard InChI is InChI=1S/C9H12N6/c1-5-4-11-9(10)13-8(5)15-7(3)12-6(2)14-15/h4H,1-3H3,(H2,10,11,13). The fourth-order valence-electron chi connectivity index (χ4n) is 1.38. The maximum atomic E-state index is 5.54. The van der Waals surface area contributed by atoms with E-state index < -0.39 is 0 Å². The van der Waals surface area contributed by atoms with Crippen molar-refractivity contribution < 1.29 is 0 Å². The number of hydrogen-bond donors (Lipinski definition) is 1. The highest BCUT2D eigenvalue weighted by Crippen LogP contribution is 2.11. The maximum absolute atomic E-state index is 5.54. The molecule has 15 heavy (non-hydrogen) atoms. The van der Waals surface area contributed by atoms with E-state index in [0.717, 1.165) is 11.4 Å². The lowest BCUT2D eigenvalue weighted by atomic mass is 10.3. The van der Waals surface area contributed by atoms with Crippen LogP contribution in [-0.2, 0) is 0 Å². The molecule has 0 aliphatic heterocycles. The van der Waals surface area contributed by atoms with Crippen molar-refractivity contribution in [3.05, 3.63) is 23.4 Å². The van der Waals surface area contributed by atoms with Crippen molar-refractivity contribution in [1.82, 2.24) is 24.7 Å². The summed E-state index contributed by atoms with van der Waals surface area (Å²) in [7, 11) is 0. The minimum Gasteiger partial charge on any atom is -0.368 e. The van der Waals surface area contributed by atoms with Crippen LogP contribution in [0.1, 0.15) is 17.2 Å². The van der Waals surface area contributed by atoms with Gasteiger partial charge in [0, 0.05) is 11.8 Å². The normalized spacial score (nSPS) is 10.6. The van der Waals surface area contributed by atoms with Crippen LogP contribution in [0.2, 0.25) is 0 Å². The van der Waals surface area contributed by atoms with E-state index in [2.05, 4.69) is 20.1 Å². The molecule has 0 saturated heterocycles. The molecule has 2 aromatic heterocycles. The molecule has 2 aromatic rings. The SMILES string of the molecule is Cc1nc(C)n(-c2nc(N)ncc2C)n1. The van der Waals surface area contributed by atoms with Gasteiger partial charge in [-0.15, -0.1) is 5.10 Å². The van der Waals surface area contributed by atoms with E-state index in [9.17, 15) is 0 Å². The number of nitrogen functional groups attached to an aromatic ring is 1. The van der Waals surface area contributed by atoms with Gasteiger partial charge < -0.3 is 5.73 Å². The highest BCUT2D eigenvalue weighted by Gasteiger charge is 2.09. The van der Waals surface area contributed by atoms with Gasteiger partial charge in [0.2, 0.25) is 5.95 Å². The number of nitrogens with zero attached hydrogens (tertiary/aromatic N) is 5. The topological polar surface area (TPSA) is 82.5 Å². The summed E-state index contributed by atoms with van der Waals surface area (Å²) in [4.78, 5) is 12.3. The molecular formula is C9H12N6. The van der Waals surface area contributed by atoms with Gasteiger partial charge in [-0.05, 0) is 20.8 Å². The largest absolute Gasteiger partial charge is 0.368 e. The Bertz CT molecular complexity index is 501. The Morgan fingerprint density at radius 3 is 2.53 bits per heavy atom. The maximum Gasteiger partial charge on any atom is 0.222 e. The number of rotatable bonds is 1. The van der Waals surface area contributed by atoms with Crippen LogP contribution >= 0.6 is 0 Å². The molecule has 6 nitrogen and oxygen atoms in total. The number of aryl methyl sites for hydroxylation is 3. The van der Waals surface area contributed by atoms with Crippen molar-refractivity contribution in [3.8, 4) is 5.82 Å². The summed E-state index contributed by atoms with van der Waals surface area (Å²) in [6.07, 6.45) is 1.67. The minimum absolute atomic E-state index is 0.239. The van der Waals surface area contributed by atoms with E-state index in [0.29, 0.717) is 11.6 Å². The molecule has 0 saturated carbocycles. The zero-order valence-corrected chi connectivity index (χ0v) is 8.89. The Morgan fingerprint density at radius 2 is 1.93 bits per heavy atom. The van der Waals surface area contributed by atoms with Gasteiger partial charge in [0.05, 0.1) is 0 Å². The third-order valence-electron chi connectivity index (χ3n) is 2.04. The second-order valence-electron chi connectivity index (χ2n) is 3.35. The van der Waals surface area contributed by atoms with E-state index in [1.807, 2.05) is 20.8 Å². The molecule has 0 atom stereocenters. The van der Waals surface area contributed by atoms with Gasteiger partial charge in [0.15, 0.2) is 5.82 Å². The fraction of sp³-hybridized carbons (Fsp3) is 0.333. The monoisotopic (exact) mass is 204 g/mol. The Hall–Kier alpha value is -1.98. The van der Waals surface area contributed by atoms with Crippen molar-refractivity contribution in [2.75, 3.05) is 5.73 Å². The first-order valence-electron chi connectivity index (χ1n) is 4.57. The van der Waals surface area contributed by atoms with Gasteiger partial charge >= 0.3 is 0 Å². The molecule has 0 aliphatic rings. The molecular weight excluding hydrogens is 192 g/mol. The Kier molecular flexibility index (Phi) is 2.11. The average molecular weight is 204 g/mol. The number of anilines is 1. The quantitative estimate of drug-likeness (QED) is 0.734. The lowest BCUT2D eigenvalue weighted by Gasteiger charge is -2.05. The summed E-state index contributed by atoms with van der Waals surface area (Å²) < 4.78 is 1.67. The summed E-state index contributed by atoms with van der Waals surface area (Å²) in [6.45, 7) is 5.62. The zero-order valence-electron chi connectivity index (χ0n) is 8.89. The van der Waals surface area contributed by atoms with Crippen LogP contribution in [0.5, 0.6) is 0 Å². The van der Waals surface area contributed by atoms with E-state index in [1.165, 1.54) is 0 Å². The van der Waals surface area contributed by atoms with Gasteiger partial charge in [0.25, 0.3) is 0 Å². The van der Waals surface area contributed by atoms with E-state index in [-0.39, 0.29) is 5.95 Å². The van der Waals surface area contributed by atoms with E-state index in [4.69, 9.17) is 5.73 Å². The molecule has 6 heteroatoms. The van der Waals surface area contributed by atoms with Gasteiger partial charge in [-0.2, -0.15) is 9.67 Å². The molecule has 2 N–H and O–H groups in total. The molecule has 0 spiro atoms. The molecule has 0 aliphatic carbocycles. The Balaban J connectivity index is 2.62. The molecule has 78 valence electrons. The Morgan fingerprint density at radius 1 is 1.20 bits per heavy atom. The second-order valence-corrected chi connectivity index (χ2v) is 3.35. The highest BCUT2D eigenvalue weighted by molar-refractivity contribution is 5.35. The smallest absolute Gasteiger partial charge is 0.222 e. The fourth-order valence-corrected chi connectivity index (χ4v) is 1.38. The van der Waals surface area contributed by atoms with Crippen LogP contribution in [0.3, 0.4) is 0 Å². The molecule has 0 amide bonds. The Labute approximate surface area is 87.2 Å². The summed E-state index contributed by atoms with van der Waals surface area (Å²) in [6, 6.07) is 0. The first-order chi connectivity index (χ1) is 7.08. The van der Waals surface area contributed by atoms with Gasteiger partial charge in [-0.25, -0.2) is 9.97 Å².